The summed E-state index contributed by atoms with van der Waals surface area (Å²) in [6, 6.07) is 13.2. The van der Waals surface area contributed by atoms with Gasteiger partial charge in [0.2, 0.25) is 5.91 Å². The zero-order valence-electron chi connectivity index (χ0n) is 11.4. The van der Waals surface area contributed by atoms with Crippen molar-refractivity contribution < 1.29 is 14.3 Å². The lowest BCUT2D eigenvalue weighted by molar-refractivity contribution is -0.121. The van der Waals surface area contributed by atoms with Crippen LogP contribution in [-0.4, -0.2) is 17.1 Å². The third-order valence-corrected chi connectivity index (χ3v) is 3.80. The van der Waals surface area contributed by atoms with Crippen LogP contribution in [0.5, 0.6) is 0 Å². The second kappa shape index (κ2) is 5.66. The lowest BCUT2D eigenvalue weighted by Gasteiger charge is -2.18. The zero-order valence-corrected chi connectivity index (χ0v) is 11.4. The molecule has 2 atom stereocenters. The van der Waals surface area contributed by atoms with Gasteiger partial charge in [0.05, 0.1) is 18.6 Å². The van der Waals surface area contributed by atoms with E-state index in [4.69, 9.17) is 0 Å². The summed E-state index contributed by atoms with van der Waals surface area (Å²) in [5, 5.41) is 13.0. The lowest BCUT2D eigenvalue weighted by atomic mass is 10.1. The molecule has 0 aliphatic heterocycles. The van der Waals surface area contributed by atoms with E-state index in [1.54, 1.807) is 12.1 Å². The normalized spacial score (nSPS) is 20.1. The molecule has 0 radical (unpaired) electrons. The Bertz CT molecular complexity index is 654. The second-order valence-corrected chi connectivity index (χ2v) is 5.32. The molecule has 0 heterocycles. The smallest absolute Gasteiger partial charge is 0.224 e. The zero-order chi connectivity index (χ0) is 14.8. The van der Waals surface area contributed by atoms with Crippen molar-refractivity contribution in [3.05, 3.63) is 71.0 Å². The number of halogens is 1. The largest absolute Gasteiger partial charge is 0.390 e. The van der Waals surface area contributed by atoms with Gasteiger partial charge in [-0.15, -0.1) is 0 Å². The fourth-order valence-corrected chi connectivity index (χ4v) is 2.76. The Morgan fingerprint density at radius 3 is 2.67 bits per heavy atom. The summed E-state index contributed by atoms with van der Waals surface area (Å²) in [5.74, 6) is -0.498. The summed E-state index contributed by atoms with van der Waals surface area (Å²) >= 11 is 0. The van der Waals surface area contributed by atoms with Crippen molar-refractivity contribution in [2.24, 2.45) is 0 Å². The molecule has 0 spiro atoms. The highest BCUT2D eigenvalue weighted by Crippen LogP contribution is 2.31. The summed E-state index contributed by atoms with van der Waals surface area (Å²) in [4.78, 5) is 12.1. The first-order valence-corrected chi connectivity index (χ1v) is 6.93. The minimum Gasteiger partial charge on any atom is -0.390 e. The molecule has 0 saturated heterocycles. The van der Waals surface area contributed by atoms with Crippen LogP contribution in [0.15, 0.2) is 48.5 Å². The first-order chi connectivity index (χ1) is 10.1. The highest BCUT2D eigenvalue weighted by atomic mass is 19.1. The van der Waals surface area contributed by atoms with Crippen molar-refractivity contribution in [2.45, 2.75) is 25.0 Å². The van der Waals surface area contributed by atoms with E-state index in [0.29, 0.717) is 6.42 Å². The standard InChI is InChI=1S/C17H16FNO2/c18-13-7-5-11(6-8-13)9-16(21)19-17-14-4-2-1-3-12(14)10-15(17)20/h1-8,15,17,20H,9-10H2,(H,19,21)/t15-,17+/m1/s1. The van der Waals surface area contributed by atoms with Gasteiger partial charge in [-0.05, 0) is 28.8 Å². The number of carbonyl (C=O) groups excluding carboxylic acids is 1. The van der Waals surface area contributed by atoms with Crippen molar-refractivity contribution in [3.8, 4) is 0 Å². The van der Waals surface area contributed by atoms with Crippen LogP contribution >= 0.6 is 0 Å². The van der Waals surface area contributed by atoms with E-state index in [0.717, 1.165) is 16.7 Å². The molecule has 2 aromatic rings. The molecule has 0 aromatic heterocycles. The Hall–Kier alpha value is -2.20. The summed E-state index contributed by atoms with van der Waals surface area (Å²) in [6.07, 6.45) is 0.128. The molecule has 1 amide bonds. The first kappa shape index (κ1) is 13.8. The Morgan fingerprint density at radius 1 is 1.19 bits per heavy atom. The topological polar surface area (TPSA) is 49.3 Å². The first-order valence-electron chi connectivity index (χ1n) is 6.93. The Balaban J connectivity index is 1.69. The molecule has 0 fully saturated rings. The highest BCUT2D eigenvalue weighted by Gasteiger charge is 2.31. The van der Waals surface area contributed by atoms with Crippen LogP contribution in [-0.2, 0) is 17.6 Å². The number of hydrogen-bond acceptors (Lipinski definition) is 2. The molecule has 21 heavy (non-hydrogen) atoms. The average molecular weight is 285 g/mol. The molecule has 4 heteroatoms. The number of aliphatic hydroxyl groups excluding tert-OH is 1. The van der Waals surface area contributed by atoms with Crippen molar-refractivity contribution in [1.29, 1.82) is 0 Å². The molecule has 0 bridgehead atoms. The Morgan fingerprint density at radius 2 is 1.90 bits per heavy atom. The van der Waals surface area contributed by atoms with Crippen LogP contribution < -0.4 is 5.32 Å². The van der Waals surface area contributed by atoms with E-state index in [1.807, 2.05) is 24.3 Å². The summed E-state index contributed by atoms with van der Waals surface area (Å²) in [7, 11) is 0. The third-order valence-electron chi connectivity index (χ3n) is 3.80. The van der Waals surface area contributed by atoms with Crippen molar-refractivity contribution >= 4 is 5.91 Å². The van der Waals surface area contributed by atoms with Gasteiger partial charge in [-0.2, -0.15) is 0 Å². The molecule has 2 aromatic carbocycles. The molecule has 0 unspecified atom stereocenters. The van der Waals surface area contributed by atoms with Gasteiger partial charge in [0.25, 0.3) is 0 Å². The predicted molar refractivity (Wildman–Crippen MR) is 77.1 cm³/mol. The van der Waals surface area contributed by atoms with E-state index >= 15 is 0 Å². The molecule has 108 valence electrons. The molecular formula is C17H16FNO2. The van der Waals surface area contributed by atoms with Gasteiger partial charge >= 0.3 is 0 Å². The van der Waals surface area contributed by atoms with Gasteiger partial charge < -0.3 is 10.4 Å². The van der Waals surface area contributed by atoms with E-state index in [-0.39, 0.29) is 24.2 Å². The monoisotopic (exact) mass is 285 g/mol. The van der Waals surface area contributed by atoms with Crippen LogP contribution in [0.1, 0.15) is 22.7 Å². The minimum absolute atomic E-state index is 0.172. The number of benzene rings is 2. The Labute approximate surface area is 122 Å². The molecule has 1 aliphatic carbocycles. The fraction of sp³-hybridized carbons (Fsp3) is 0.235. The van der Waals surface area contributed by atoms with Gasteiger partial charge in [-0.25, -0.2) is 4.39 Å². The average Bonchev–Trinajstić information content (AvgIpc) is 2.78. The number of fused-ring (bicyclic) bond motifs is 1. The molecule has 3 rings (SSSR count). The molecule has 0 saturated carbocycles. The van der Waals surface area contributed by atoms with Gasteiger partial charge in [0.1, 0.15) is 5.82 Å². The summed E-state index contributed by atoms with van der Waals surface area (Å²) in [5.41, 5.74) is 2.78. The van der Waals surface area contributed by atoms with E-state index < -0.39 is 6.10 Å². The van der Waals surface area contributed by atoms with Crippen molar-refractivity contribution in [3.63, 3.8) is 0 Å². The molecule has 1 aliphatic rings. The SMILES string of the molecule is O=C(Cc1ccc(F)cc1)N[C@H]1c2ccccc2C[C@H]1O. The van der Waals surface area contributed by atoms with Crippen molar-refractivity contribution in [2.75, 3.05) is 0 Å². The maximum absolute atomic E-state index is 12.8. The van der Waals surface area contributed by atoms with Crippen molar-refractivity contribution in [1.82, 2.24) is 5.32 Å². The van der Waals surface area contributed by atoms with E-state index in [1.165, 1.54) is 12.1 Å². The number of aliphatic hydroxyl groups is 1. The number of rotatable bonds is 3. The number of amides is 1. The third kappa shape index (κ3) is 2.95. The van der Waals surface area contributed by atoms with Gasteiger partial charge in [0, 0.05) is 6.42 Å². The maximum atomic E-state index is 12.8. The number of nitrogens with one attached hydrogen (secondary N) is 1. The summed E-state index contributed by atoms with van der Waals surface area (Å²) < 4.78 is 12.8. The minimum atomic E-state index is -0.598. The predicted octanol–water partition coefficient (Wildman–Crippen LogP) is 2.14. The van der Waals surface area contributed by atoms with Crippen LogP contribution in [0.3, 0.4) is 0 Å². The molecule has 3 nitrogen and oxygen atoms in total. The Kier molecular flexibility index (Phi) is 3.71. The van der Waals surface area contributed by atoms with Crippen LogP contribution in [0, 0.1) is 5.82 Å². The molecule has 2 N–H and O–H groups in total. The summed E-state index contributed by atoms with van der Waals surface area (Å²) in [6.45, 7) is 0. The van der Waals surface area contributed by atoms with Gasteiger partial charge in [0.15, 0.2) is 0 Å². The van der Waals surface area contributed by atoms with Crippen LogP contribution in [0.2, 0.25) is 0 Å². The van der Waals surface area contributed by atoms with Gasteiger partial charge in [-0.3, -0.25) is 4.79 Å². The van der Waals surface area contributed by atoms with Gasteiger partial charge in [-0.1, -0.05) is 36.4 Å². The number of hydrogen-bond donors (Lipinski definition) is 2. The quantitative estimate of drug-likeness (QED) is 0.907. The lowest BCUT2D eigenvalue weighted by Crippen LogP contribution is -2.34. The number of carbonyl (C=O) groups is 1. The highest BCUT2D eigenvalue weighted by molar-refractivity contribution is 5.79. The van der Waals surface area contributed by atoms with Crippen LogP contribution in [0.25, 0.3) is 0 Å². The fourth-order valence-electron chi connectivity index (χ4n) is 2.76. The van der Waals surface area contributed by atoms with E-state index in [9.17, 15) is 14.3 Å². The maximum Gasteiger partial charge on any atom is 0.224 e. The van der Waals surface area contributed by atoms with Crippen LogP contribution in [0.4, 0.5) is 4.39 Å². The second-order valence-electron chi connectivity index (χ2n) is 5.32. The molecular weight excluding hydrogens is 269 g/mol. The van der Waals surface area contributed by atoms with E-state index in [2.05, 4.69) is 5.32 Å².